The Morgan fingerprint density at radius 1 is 1.17 bits per heavy atom. The highest BCUT2D eigenvalue weighted by Gasteiger charge is 2.22. The van der Waals surface area contributed by atoms with Crippen LogP contribution in [-0.2, 0) is 4.79 Å². The van der Waals surface area contributed by atoms with Crippen molar-refractivity contribution in [3.63, 3.8) is 0 Å². The minimum atomic E-state index is 0.0429. The molecule has 1 fully saturated rings. The third-order valence-electron chi connectivity index (χ3n) is 5.78. The minimum Gasteiger partial charge on any atom is -0.354 e. The number of H-pyrrole nitrogens is 1. The first kappa shape index (κ1) is 18.5. The molecule has 4 heterocycles. The van der Waals surface area contributed by atoms with Crippen molar-refractivity contribution in [2.45, 2.75) is 51.6 Å². The second kappa shape index (κ2) is 7.40. The van der Waals surface area contributed by atoms with Gasteiger partial charge in [0.05, 0.1) is 0 Å². The van der Waals surface area contributed by atoms with E-state index < -0.39 is 0 Å². The van der Waals surface area contributed by atoms with Crippen molar-refractivity contribution >= 4 is 28.5 Å². The number of aromatic amines is 1. The van der Waals surface area contributed by atoms with E-state index in [4.69, 9.17) is 0 Å². The lowest BCUT2D eigenvalue weighted by Gasteiger charge is -2.29. The number of aryl methyl sites for hydroxylation is 1. The molecule has 0 radical (unpaired) electrons. The normalized spacial score (nSPS) is 19.3. The van der Waals surface area contributed by atoms with Crippen LogP contribution in [0.2, 0.25) is 0 Å². The molecule has 30 heavy (non-hydrogen) atoms. The predicted molar refractivity (Wildman–Crippen MR) is 114 cm³/mol. The van der Waals surface area contributed by atoms with Crippen LogP contribution in [0.3, 0.4) is 0 Å². The number of fused-ring (bicyclic) bond motifs is 2. The number of nitrogens with one attached hydrogen (secondary N) is 3. The van der Waals surface area contributed by atoms with E-state index in [1.807, 2.05) is 42.0 Å². The number of nitrogens with zero attached hydrogens (tertiary/aromatic N) is 5. The summed E-state index contributed by atoms with van der Waals surface area (Å²) >= 11 is 0. The third kappa shape index (κ3) is 3.47. The fraction of sp³-hybridized carbons (Fsp3) is 0.381. The highest BCUT2D eigenvalue weighted by Crippen LogP contribution is 2.29. The Balaban J connectivity index is 1.34. The Kier molecular flexibility index (Phi) is 4.57. The van der Waals surface area contributed by atoms with E-state index in [1.165, 1.54) is 0 Å². The van der Waals surface area contributed by atoms with Crippen LogP contribution in [0.5, 0.6) is 0 Å². The minimum absolute atomic E-state index is 0.0429. The van der Waals surface area contributed by atoms with Gasteiger partial charge in [-0.15, -0.1) is 10.2 Å². The van der Waals surface area contributed by atoms with E-state index in [-0.39, 0.29) is 11.9 Å². The van der Waals surface area contributed by atoms with Crippen molar-refractivity contribution in [2.75, 3.05) is 5.32 Å². The summed E-state index contributed by atoms with van der Waals surface area (Å²) in [4.78, 5) is 23.7. The molecule has 3 N–H and O–H groups in total. The second-order valence-electron chi connectivity index (χ2n) is 7.94. The molecule has 5 rings (SSSR count). The summed E-state index contributed by atoms with van der Waals surface area (Å²) in [5, 5.41) is 15.7. The van der Waals surface area contributed by atoms with Crippen LogP contribution in [-0.4, -0.2) is 47.5 Å². The van der Waals surface area contributed by atoms with Crippen LogP contribution in [0.25, 0.3) is 27.8 Å². The maximum absolute atomic E-state index is 11.2. The number of rotatable bonds is 4. The van der Waals surface area contributed by atoms with E-state index in [9.17, 15) is 4.79 Å². The molecule has 0 spiro atoms. The van der Waals surface area contributed by atoms with Gasteiger partial charge in [-0.05, 0) is 44.7 Å². The Labute approximate surface area is 173 Å². The molecule has 0 atom stereocenters. The molecule has 0 unspecified atom stereocenters. The van der Waals surface area contributed by atoms with Gasteiger partial charge >= 0.3 is 0 Å². The summed E-state index contributed by atoms with van der Waals surface area (Å²) < 4.78 is 1.97. The fourth-order valence-corrected chi connectivity index (χ4v) is 4.23. The lowest BCUT2D eigenvalue weighted by atomic mass is 9.91. The van der Waals surface area contributed by atoms with Crippen molar-refractivity contribution in [2.24, 2.45) is 0 Å². The summed E-state index contributed by atoms with van der Waals surface area (Å²) in [6.07, 6.45) is 9.77. The first-order valence-electron chi connectivity index (χ1n) is 10.3. The van der Waals surface area contributed by atoms with Gasteiger partial charge in [0.25, 0.3) is 0 Å². The number of anilines is 1. The average molecular weight is 404 g/mol. The lowest BCUT2D eigenvalue weighted by molar-refractivity contribution is -0.119. The largest absolute Gasteiger partial charge is 0.354 e. The molecule has 4 aromatic rings. The standard InChI is InChI=1S/C21H24N8O/c1-12-27-28-19-8-3-14(11-29(12)19)17-9-22-20-18(17)10-23-21(26-20)25-16-6-4-15(5-7-16)24-13(2)30/h3,8-11,15-16H,4-7H2,1-2H3,(H,24,30)(H2,22,23,25,26). The predicted octanol–water partition coefficient (Wildman–Crippen LogP) is 2.84. The van der Waals surface area contributed by atoms with E-state index >= 15 is 0 Å². The maximum atomic E-state index is 11.2. The van der Waals surface area contributed by atoms with Crippen LogP contribution < -0.4 is 10.6 Å². The molecule has 0 aliphatic heterocycles. The van der Waals surface area contributed by atoms with Crippen LogP contribution in [0.1, 0.15) is 38.4 Å². The highest BCUT2D eigenvalue weighted by molar-refractivity contribution is 5.93. The summed E-state index contributed by atoms with van der Waals surface area (Å²) in [7, 11) is 0. The number of carbonyl (C=O) groups excluding carboxylic acids is 1. The Bertz CT molecular complexity index is 1220. The molecule has 9 nitrogen and oxygen atoms in total. The van der Waals surface area contributed by atoms with Gasteiger partial charge in [-0.25, -0.2) is 4.98 Å². The van der Waals surface area contributed by atoms with Crippen LogP contribution >= 0.6 is 0 Å². The summed E-state index contributed by atoms with van der Waals surface area (Å²) in [6, 6.07) is 4.59. The van der Waals surface area contributed by atoms with Crippen LogP contribution in [0.15, 0.2) is 30.7 Å². The number of amides is 1. The molecular formula is C21H24N8O. The van der Waals surface area contributed by atoms with E-state index in [0.29, 0.717) is 12.0 Å². The van der Waals surface area contributed by atoms with E-state index in [2.05, 4.69) is 35.8 Å². The van der Waals surface area contributed by atoms with Crippen molar-refractivity contribution in [1.29, 1.82) is 0 Å². The second-order valence-corrected chi connectivity index (χ2v) is 7.94. The molecule has 1 aliphatic rings. The average Bonchev–Trinajstić information content (AvgIpc) is 3.32. The molecule has 154 valence electrons. The fourth-order valence-electron chi connectivity index (χ4n) is 4.23. The van der Waals surface area contributed by atoms with Gasteiger partial charge in [-0.1, -0.05) is 0 Å². The summed E-state index contributed by atoms with van der Waals surface area (Å²) in [5.41, 5.74) is 3.72. The molecule has 1 aliphatic carbocycles. The zero-order valence-electron chi connectivity index (χ0n) is 17.0. The maximum Gasteiger partial charge on any atom is 0.224 e. The van der Waals surface area contributed by atoms with Gasteiger partial charge < -0.3 is 15.6 Å². The van der Waals surface area contributed by atoms with Gasteiger partial charge in [0.1, 0.15) is 11.5 Å². The third-order valence-corrected chi connectivity index (χ3v) is 5.78. The lowest BCUT2D eigenvalue weighted by Crippen LogP contribution is -2.39. The quantitative estimate of drug-likeness (QED) is 0.482. The zero-order chi connectivity index (χ0) is 20.7. The highest BCUT2D eigenvalue weighted by atomic mass is 16.1. The molecule has 1 amide bonds. The molecule has 1 saturated carbocycles. The van der Waals surface area contributed by atoms with Crippen molar-refractivity contribution in [1.82, 2.24) is 34.9 Å². The first-order chi connectivity index (χ1) is 14.6. The van der Waals surface area contributed by atoms with E-state index in [1.54, 1.807) is 6.92 Å². The van der Waals surface area contributed by atoms with Gasteiger partial charge in [0.2, 0.25) is 11.9 Å². The molecular weight excluding hydrogens is 380 g/mol. The summed E-state index contributed by atoms with van der Waals surface area (Å²) in [6.45, 7) is 3.51. The smallest absolute Gasteiger partial charge is 0.224 e. The Morgan fingerprint density at radius 2 is 1.97 bits per heavy atom. The van der Waals surface area contributed by atoms with Crippen molar-refractivity contribution < 1.29 is 4.79 Å². The molecule has 0 aromatic carbocycles. The zero-order valence-corrected chi connectivity index (χ0v) is 17.0. The van der Waals surface area contributed by atoms with Crippen molar-refractivity contribution in [3.8, 4) is 11.1 Å². The number of aromatic nitrogens is 6. The van der Waals surface area contributed by atoms with Crippen LogP contribution in [0, 0.1) is 6.92 Å². The Hall–Kier alpha value is -3.49. The SMILES string of the molecule is CC(=O)NC1CCC(Nc2ncc3c(-c4ccc5nnc(C)n5c4)c[nH]c3n2)CC1. The van der Waals surface area contributed by atoms with Gasteiger partial charge in [0, 0.05) is 54.1 Å². The number of carbonyl (C=O) groups is 1. The van der Waals surface area contributed by atoms with Crippen molar-refractivity contribution in [3.05, 3.63) is 36.5 Å². The molecule has 4 aromatic heterocycles. The van der Waals surface area contributed by atoms with Gasteiger partial charge in [-0.3, -0.25) is 9.20 Å². The molecule has 0 bridgehead atoms. The molecule has 9 heteroatoms. The van der Waals surface area contributed by atoms with Gasteiger partial charge in [0.15, 0.2) is 5.65 Å². The monoisotopic (exact) mass is 404 g/mol. The first-order valence-corrected chi connectivity index (χ1v) is 10.3. The number of hydrogen-bond acceptors (Lipinski definition) is 6. The van der Waals surface area contributed by atoms with Gasteiger partial charge in [-0.2, -0.15) is 4.98 Å². The summed E-state index contributed by atoms with van der Waals surface area (Å²) in [5.74, 6) is 1.52. The van der Waals surface area contributed by atoms with E-state index in [0.717, 1.165) is 59.3 Å². The number of hydrogen-bond donors (Lipinski definition) is 3. The number of pyridine rings is 1. The Morgan fingerprint density at radius 3 is 2.77 bits per heavy atom. The molecule has 0 saturated heterocycles. The topological polar surface area (TPSA) is 113 Å². The van der Waals surface area contributed by atoms with Crippen LogP contribution in [0.4, 0.5) is 5.95 Å².